The first-order valence-electron chi connectivity index (χ1n) is 6.11. The highest BCUT2D eigenvalue weighted by atomic mass is 32.1. The number of thiol groups is 1. The molecule has 3 aromatic rings. The van der Waals surface area contributed by atoms with Gasteiger partial charge < -0.3 is 10.3 Å². The second-order valence-electron chi connectivity index (χ2n) is 4.08. The lowest BCUT2D eigenvalue weighted by molar-refractivity contribution is 1.09. The number of thiophene rings is 1. The lowest BCUT2D eigenvalue weighted by atomic mass is 10.2. The first kappa shape index (κ1) is 14.0. The van der Waals surface area contributed by atoms with Crippen LogP contribution in [0.2, 0.25) is 0 Å². The topological polar surface area (TPSA) is 40.7 Å². The maximum absolute atomic E-state index is 4.09. The summed E-state index contributed by atoms with van der Waals surface area (Å²) in [7, 11) is 0. The first-order chi connectivity index (χ1) is 9.20. The highest BCUT2D eigenvalue weighted by molar-refractivity contribution is 7.80. The first-order valence-corrected chi connectivity index (χ1v) is 7.50. The number of rotatable bonds is 2. The van der Waals surface area contributed by atoms with E-state index in [0.717, 1.165) is 17.6 Å². The number of nitrogens with zero attached hydrogens (tertiary/aromatic N) is 1. The number of para-hydroxylation sites is 1. The SMILES string of the molecule is CCNc1ccccc1C.Sc1nc2cscc2[nH]1. The van der Waals surface area contributed by atoms with Gasteiger partial charge in [-0.25, -0.2) is 4.98 Å². The molecule has 0 unspecified atom stereocenters. The smallest absolute Gasteiger partial charge is 0.163 e. The Balaban J connectivity index is 0.000000141. The molecule has 0 aliphatic rings. The minimum atomic E-state index is 0.688. The number of fused-ring (bicyclic) bond motifs is 1. The molecule has 19 heavy (non-hydrogen) atoms. The standard InChI is InChI=1S/C9H13N.C5H4N2S2/c1-3-10-9-7-5-4-6-8(9)2;8-5-6-3-1-9-2-4(3)7-5/h4-7,10H,3H2,1-2H3;1-2H,(H2,6,7,8). The molecule has 2 aromatic heterocycles. The zero-order valence-electron chi connectivity index (χ0n) is 11.0. The Morgan fingerprint density at radius 1 is 1.32 bits per heavy atom. The van der Waals surface area contributed by atoms with Crippen molar-refractivity contribution in [3.8, 4) is 0 Å². The van der Waals surface area contributed by atoms with Crippen molar-refractivity contribution in [1.82, 2.24) is 9.97 Å². The number of aromatic nitrogens is 2. The Labute approximate surface area is 122 Å². The summed E-state index contributed by atoms with van der Waals surface area (Å²) in [5.74, 6) is 0. The molecule has 0 atom stereocenters. The maximum atomic E-state index is 4.09. The summed E-state index contributed by atoms with van der Waals surface area (Å²) in [5, 5.41) is 7.97. The average Bonchev–Trinajstić information content (AvgIpc) is 2.93. The molecule has 0 spiro atoms. The van der Waals surface area contributed by atoms with E-state index >= 15 is 0 Å². The van der Waals surface area contributed by atoms with Gasteiger partial charge in [-0.15, -0.1) is 24.0 Å². The predicted octanol–water partition coefficient (Wildman–Crippen LogP) is 4.34. The second kappa shape index (κ2) is 6.63. The highest BCUT2D eigenvalue weighted by Crippen LogP contribution is 2.16. The van der Waals surface area contributed by atoms with Gasteiger partial charge in [0, 0.05) is 23.0 Å². The van der Waals surface area contributed by atoms with Gasteiger partial charge >= 0.3 is 0 Å². The quantitative estimate of drug-likeness (QED) is 0.615. The summed E-state index contributed by atoms with van der Waals surface area (Å²) in [6, 6.07) is 8.30. The number of hydrogen-bond acceptors (Lipinski definition) is 4. The molecule has 1 aromatic carbocycles. The number of imidazole rings is 1. The van der Waals surface area contributed by atoms with E-state index in [1.807, 2.05) is 16.8 Å². The average molecular weight is 291 g/mol. The van der Waals surface area contributed by atoms with Crippen LogP contribution in [0.15, 0.2) is 40.2 Å². The highest BCUT2D eigenvalue weighted by Gasteiger charge is 1.97. The van der Waals surface area contributed by atoms with Crippen LogP contribution in [0.5, 0.6) is 0 Å². The van der Waals surface area contributed by atoms with E-state index in [-0.39, 0.29) is 0 Å². The molecule has 2 N–H and O–H groups in total. The number of nitrogens with one attached hydrogen (secondary N) is 2. The third kappa shape index (κ3) is 3.75. The fourth-order valence-electron chi connectivity index (χ4n) is 1.69. The van der Waals surface area contributed by atoms with Gasteiger partial charge in [-0.1, -0.05) is 18.2 Å². The zero-order chi connectivity index (χ0) is 13.7. The molecule has 0 saturated carbocycles. The van der Waals surface area contributed by atoms with Crippen LogP contribution in [-0.4, -0.2) is 16.5 Å². The van der Waals surface area contributed by atoms with Gasteiger partial charge in [0.2, 0.25) is 0 Å². The lowest BCUT2D eigenvalue weighted by Crippen LogP contribution is -1.97. The van der Waals surface area contributed by atoms with Crippen molar-refractivity contribution < 1.29 is 0 Å². The summed E-state index contributed by atoms with van der Waals surface area (Å²) >= 11 is 5.69. The van der Waals surface area contributed by atoms with Crippen LogP contribution < -0.4 is 5.32 Å². The Bertz CT molecular complexity index is 614. The van der Waals surface area contributed by atoms with E-state index in [2.05, 4.69) is 60.0 Å². The van der Waals surface area contributed by atoms with Gasteiger partial charge in [0.05, 0.1) is 5.52 Å². The van der Waals surface area contributed by atoms with Crippen molar-refractivity contribution in [3.63, 3.8) is 0 Å². The summed E-state index contributed by atoms with van der Waals surface area (Å²) < 4.78 is 0. The minimum absolute atomic E-state index is 0.688. The largest absolute Gasteiger partial charge is 0.385 e. The van der Waals surface area contributed by atoms with Gasteiger partial charge in [0.1, 0.15) is 5.52 Å². The monoisotopic (exact) mass is 291 g/mol. The fourth-order valence-corrected chi connectivity index (χ4v) is 2.62. The molecule has 0 aliphatic carbocycles. The van der Waals surface area contributed by atoms with Crippen LogP contribution >= 0.6 is 24.0 Å². The van der Waals surface area contributed by atoms with Crippen molar-refractivity contribution in [1.29, 1.82) is 0 Å². The minimum Gasteiger partial charge on any atom is -0.385 e. The summed E-state index contributed by atoms with van der Waals surface area (Å²) in [6.45, 7) is 5.20. The molecular weight excluding hydrogens is 274 g/mol. The molecule has 5 heteroatoms. The van der Waals surface area contributed by atoms with Crippen molar-refractivity contribution in [2.45, 2.75) is 19.0 Å². The van der Waals surface area contributed by atoms with E-state index in [4.69, 9.17) is 0 Å². The number of hydrogen-bond donors (Lipinski definition) is 3. The van der Waals surface area contributed by atoms with E-state index in [1.54, 1.807) is 11.3 Å². The molecule has 0 radical (unpaired) electrons. The Hall–Kier alpha value is -1.46. The molecule has 0 fully saturated rings. The zero-order valence-corrected chi connectivity index (χ0v) is 12.7. The normalized spacial score (nSPS) is 10.1. The van der Waals surface area contributed by atoms with Gasteiger partial charge in [0.15, 0.2) is 5.16 Å². The van der Waals surface area contributed by atoms with Crippen LogP contribution in [0.25, 0.3) is 11.0 Å². The van der Waals surface area contributed by atoms with Crippen LogP contribution in [0, 0.1) is 6.92 Å². The van der Waals surface area contributed by atoms with Gasteiger partial charge in [-0.05, 0) is 25.5 Å². The molecule has 0 aliphatic heterocycles. The van der Waals surface area contributed by atoms with E-state index < -0.39 is 0 Å². The number of H-pyrrole nitrogens is 1. The molecule has 100 valence electrons. The van der Waals surface area contributed by atoms with Crippen molar-refractivity contribution in [3.05, 3.63) is 40.6 Å². The molecule has 3 nitrogen and oxygen atoms in total. The second-order valence-corrected chi connectivity index (χ2v) is 5.24. The number of aryl methyl sites for hydroxylation is 1. The Morgan fingerprint density at radius 2 is 2.11 bits per heavy atom. The van der Waals surface area contributed by atoms with Crippen molar-refractivity contribution in [2.24, 2.45) is 0 Å². The summed E-state index contributed by atoms with van der Waals surface area (Å²) in [5.41, 5.74) is 4.63. The van der Waals surface area contributed by atoms with Crippen LogP contribution in [0.4, 0.5) is 5.69 Å². The molecule has 3 rings (SSSR count). The summed E-state index contributed by atoms with van der Waals surface area (Å²) in [4.78, 5) is 7.09. The van der Waals surface area contributed by atoms with Crippen molar-refractivity contribution in [2.75, 3.05) is 11.9 Å². The van der Waals surface area contributed by atoms with Crippen LogP contribution in [0.3, 0.4) is 0 Å². The Kier molecular flexibility index (Phi) is 4.87. The van der Waals surface area contributed by atoms with Gasteiger partial charge in [-0.2, -0.15) is 0 Å². The number of aromatic amines is 1. The third-order valence-electron chi connectivity index (χ3n) is 2.63. The van der Waals surface area contributed by atoms with Gasteiger partial charge in [-0.3, -0.25) is 0 Å². The number of anilines is 1. The van der Waals surface area contributed by atoms with E-state index in [0.29, 0.717) is 5.16 Å². The van der Waals surface area contributed by atoms with E-state index in [1.165, 1.54) is 11.3 Å². The third-order valence-corrected chi connectivity index (χ3v) is 3.57. The molecule has 0 bridgehead atoms. The lowest BCUT2D eigenvalue weighted by Gasteiger charge is -2.04. The van der Waals surface area contributed by atoms with E-state index in [9.17, 15) is 0 Å². The van der Waals surface area contributed by atoms with Crippen molar-refractivity contribution >= 4 is 40.7 Å². The molecular formula is C14H17N3S2. The number of benzene rings is 1. The maximum Gasteiger partial charge on any atom is 0.163 e. The molecule has 0 saturated heterocycles. The van der Waals surface area contributed by atoms with Gasteiger partial charge in [0.25, 0.3) is 0 Å². The summed E-state index contributed by atoms with van der Waals surface area (Å²) in [6.07, 6.45) is 0. The molecule has 2 heterocycles. The Morgan fingerprint density at radius 3 is 2.79 bits per heavy atom. The fraction of sp³-hybridized carbons (Fsp3) is 0.214. The molecule has 0 amide bonds. The van der Waals surface area contributed by atoms with Crippen LogP contribution in [-0.2, 0) is 0 Å². The van der Waals surface area contributed by atoms with Crippen LogP contribution in [0.1, 0.15) is 12.5 Å². The predicted molar refractivity (Wildman–Crippen MR) is 86.6 cm³/mol.